The van der Waals surface area contributed by atoms with Crippen LogP contribution in [0.1, 0.15) is 5.56 Å². The molecule has 0 spiro atoms. The number of hydrogen-bond donors (Lipinski definition) is 2. The first kappa shape index (κ1) is 10.8. The lowest BCUT2D eigenvalue weighted by molar-refractivity contribution is 0.0754. The molecule has 0 radical (unpaired) electrons. The van der Waals surface area contributed by atoms with Gasteiger partial charge in [-0.15, -0.1) is 0 Å². The molecule has 1 aliphatic heterocycles. The summed E-state index contributed by atoms with van der Waals surface area (Å²) in [7, 11) is 0. The summed E-state index contributed by atoms with van der Waals surface area (Å²) in [6.07, 6.45) is 2.75. The van der Waals surface area contributed by atoms with Gasteiger partial charge in [0.15, 0.2) is 0 Å². The Hall–Kier alpha value is -1.66. The van der Waals surface area contributed by atoms with Gasteiger partial charge in [-0.25, -0.2) is 4.79 Å². The minimum atomic E-state index is -0.496. The van der Waals surface area contributed by atoms with Crippen LogP contribution in [0.2, 0.25) is 0 Å². The van der Waals surface area contributed by atoms with Gasteiger partial charge in [-0.05, 0) is 13.0 Å². The van der Waals surface area contributed by atoms with Crippen LogP contribution in [-0.4, -0.2) is 34.0 Å². The summed E-state index contributed by atoms with van der Waals surface area (Å²) in [5, 5.41) is 8.88. The molecule has 0 amide bonds. The minimum Gasteiger partial charge on any atom is -0.393 e. The van der Waals surface area contributed by atoms with E-state index in [1.165, 1.54) is 10.8 Å². The molecule has 2 heterocycles. The zero-order valence-electron chi connectivity index (χ0n) is 8.77. The molecule has 1 aromatic rings. The zero-order valence-corrected chi connectivity index (χ0v) is 8.77. The van der Waals surface area contributed by atoms with E-state index >= 15 is 0 Å². The highest BCUT2D eigenvalue weighted by atomic mass is 16.5. The fourth-order valence-electron chi connectivity index (χ4n) is 1.54. The predicted octanol–water partition coefficient (Wildman–Crippen LogP) is -0.923. The Morgan fingerprint density at radius 3 is 3.00 bits per heavy atom. The van der Waals surface area contributed by atoms with Crippen LogP contribution in [0.15, 0.2) is 21.9 Å². The molecular formula is C10H12N2O4. The summed E-state index contributed by atoms with van der Waals surface area (Å²) < 4.78 is 6.53. The third-order valence-electron chi connectivity index (χ3n) is 2.43. The number of ether oxygens (including phenoxy) is 1. The van der Waals surface area contributed by atoms with Crippen molar-refractivity contribution >= 4 is 5.70 Å². The Morgan fingerprint density at radius 1 is 1.62 bits per heavy atom. The largest absolute Gasteiger partial charge is 0.393 e. The summed E-state index contributed by atoms with van der Waals surface area (Å²) >= 11 is 0. The van der Waals surface area contributed by atoms with Crippen LogP contribution in [0.5, 0.6) is 0 Å². The van der Waals surface area contributed by atoms with E-state index in [0.717, 1.165) is 0 Å². The van der Waals surface area contributed by atoms with Crippen LogP contribution in [0.4, 0.5) is 0 Å². The first-order valence-electron chi connectivity index (χ1n) is 4.88. The smallest absolute Gasteiger partial charge is 0.332 e. The molecule has 0 aliphatic carbocycles. The lowest BCUT2D eigenvalue weighted by Gasteiger charge is -2.04. The van der Waals surface area contributed by atoms with E-state index in [2.05, 4.69) is 4.98 Å². The molecule has 0 saturated heterocycles. The summed E-state index contributed by atoms with van der Waals surface area (Å²) in [5.41, 5.74) is 0.194. The normalized spacial score (nSPS) is 19.9. The van der Waals surface area contributed by atoms with Gasteiger partial charge in [-0.2, -0.15) is 0 Å². The molecule has 1 unspecified atom stereocenters. The van der Waals surface area contributed by atoms with E-state index in [1.54, 1.807) is 13.0 Å². The number of rotatable bonds is 2. The SMILES string of the molecule is Cc1cn(C2=CC(CO)OC2)c(=O)[nH]c1=O. The fraction of sp³-hybridized carbons (Fsp3) is 0.400. The summed E-state index contributed by atoms with van der Waals surface area (Å²) in [4.78, 5) is 24.9. The second kappa shape index (κ2) is 4.07. The lowest BCUT2D eigenvalue weighted by Crippen LogP contribution is -2.30. The summed E-state index contributed by atoms with van der Waals surface area (Å²) in [6, 6.07) is 0. The molecule has 1 aromatic heterocycles. The van der Waals surface area contributed by atoms with Gasteiger partial charge < -0.3 is 9.84 Å². The van der Waals surface area contributed by atoms with Crippen molar-refractivity contribution in [2.24, 2.45) is 0 Å². The highest BCUT2D eigenvalue weighted by Crippen LogP contribution is 2.14. The Morgan fingerprint density at radius 2 is 2.38 bits per heavy atom. The number of aryl methyl sites for hydroxylation is 1. The van der Waals surface area contributed by atoms with E-state index in [9.17, 15) is 9.59 Å². The van der Waals surface area contributed by atoms with E-state index in [0.29, 0.717) is 11.3 Å². The van der Waals surface area contributed by atoms with E-state index < -0.39 is 5.69 Å². The van der Waals surface area contributed by atoms with E-state index in [-0.39, 0.29) is 24.9 Å². The summed E-state index contributed by atoms with van der Waals surface area (Å²) in [6.45, 7) is 1.74. The molecule has 16 heavy (non-hydrogen) atoms. The predicted molar refractivity (Wildman–Crippen MR) is 57.2 cm³/mol. The van der Waals surface area contributed by atoms with Crippen LogP contribution < -0.4 is 11.2 Å². The Kier molecular flexibility index (Phi) is 2.76. The standard InChI is InChI=1S/C10H12N2O4/c1-6-3-12(10(15)11-9(6)14)7-2-8(4-13)16-5-7/h2-3,8,13H,4-5H2,1H3,(H,11,14,15). The number of aromatic amines is 1. The highest BCUT2D eigenvalue weighted by molar-refractivity contribution is 5.49. The quantitative estimate of drug-likeness (QED) is 0.680. The Balaban J connectivity index is 2.46. The lowest BCUT2D eigenvalue weighted by atomic mass is 10.3. The van der Waals surface area contributed by atoms with Crippen molar-refractivity contribution in [3.8, 4) is 0 Å². The topological polar surface area (TPSA) is 84.3 Å². The molecule has 2 N–H and O–H groups in total. The van der Waals surface area contributed by atoms with Crippen LogP contribution in [-0.2, 0) is 4.74 Å². The number of nitrogens with one attached hydrogen (secondary N) is 1. The molecule has 86 valence electrons. The molecule has 0 fully saturated rings. The van der Waals surface area contributed by atoms with Crippen LogP contribution in [0, 0.1) is 6.92 Å². The number of H-pyrrole nitrogens is 1. The number of hydrogen-bond acceptors (Lipinski definition) is 4. The molecule has 1 atom stereocenters. The van der Waals surface area contributed by atoms with Crippen molar-refractivity contribution in [1.82, 2.24) is 9.55 Å². The van der Waals surface area contributed by atoms with Crippen molar-refractivity contribution in [3.05, 3.63) is 38.7 Å². The van der Waals surface area contributed by atoms with E-state index in [1.807, 2.05) is 0 Å². The highest BCUT2D eigenvalue weighted by Gasteiger charge is 2.17. The number of aliphatic hydroxyl groups is 1. The Bertz CT molecular complexity index is 540. The number of aliphatic hydroxyl groups excluding tert-OH is 1. The van der Waals surface area contributed by atoms with Gasteiger partial charge in [0, 0.05) is 11.8 Å². The first-order valence-corrected chi connectivity index (χ1v) is 4.88. The monoisotopic (exact) mass is 224 g/mol. The molecule has 0 saturated carbocycles. The second-order valence-corrected chi connectivity index (χ2v) is 3.63. The van der Waals surface area contributed by atoms with Crippen molar-refractivity contribution in [2.45, 2.75) is 13.0 Å². The molecular weight excluding hydrogens is 212 g/mol. The third-order valence-corrected chi connectivity index (χ3v) is 2.43. The van der Waals surface area contributed by atoms with Crippen LogP contribution >= 0.6 is 0 Å². The number of nitrogens with zero attached hydrogens (tertiary/aromatic N) is 1. The van der Waals surface area contributed by atoms with Gasteiger partial charge in [-0.1, -0.05) is 0 Å². The van der Waals surface area contributed by atoms with Crippen molar-refractivity contribution < 1.29 is 9.84 Å². The molecule has 6 heteroatoms. The maximum atomic E-state index is 11.5. The van der Waals surface area contributed by atoms with Gasteiger partial charge >= 0.3 is 5.69 Å². The molecule has 2 rings (SSSR count). The number of aromatic nitrogens is 2. The second-order valence-electron chi connectivity index (χ2n) is 3.63. The van der Waals surface area contributed by atoms with Crippen LogP contribution in [0.3, 0.4) is 0 Å². The Labute approximate surface area is 90.8 Å². The minimum absolute atomic E-state index is 0.124. The maximum Gasteiger partial charge on any atom is 0.332 e. The van der Waals surface area contributed by atoms with Crippen LogP contribution in [0.25, 0.3) is 5.70 Å². The van der Waals surface area contributed by atoms with Gasteiger partial charge in [-0.3, -0.25) is 14.3 Å². The zero-order chi connectivity index (χ0) is 11.7. The summed E-state index contributed by atoms with van der Waals surface area (Å²) in [5.74, 6) is 0. The molecule has 0 aromatic carbocycles. The average molecular weight is 224 g/mol. The van der Waals surface area contributed by atoms with Gasteiger partial charge in [0.2, 0.25) is 0 Å². The van der Waals surface area contributed by atoms with Crippen molar-refractivity contribution in [3.63, 3.8) is 0 Å². The maximum absolute atomic E-state index is 11.5. The molecule has 1 aliphatic rings. The van der Waals surface area contributed by atoms with Gasteiger partial charge in [0.1, 0.15) is 6.10 Å². The average Bonchev–Trinajstić information content (AvgIpc) is 2.71. The van der Waals surface area contributed by atoms with Crippen molar-refractivity contribution in [1.29, 1.82) is 0 Å². The molecule has 6 nitrogen and oxygen atoms in total. The fourth-order valence-corrected chi connectivity index (χ4v) is 1.54. The first-order chi connectivity index (χ1) is 7.61. The van der Waals surface area contributed by atoms with Gasteiger partial charge in [0.25, 0.3) is 5.56 Å². The molecule has 0 bridgehead atoms. The van der Waals surface area contributed by atoms with Crippen molar-refractivity contribution in [2.75, 3.05) is 13.2 Å². The van der Waals surface area contributed by atoms with Gasteiger partial charge in [0.05, 0.1) is 18.9 Å². The third kappa shape index (κ3) is 1.84. The van der Waals surface area contributed by atoms with E-state index in [4.69, 9.17) is 9.84 Å².